The second kappa shape index (κ2) is 6.11. The number of hydrogen-bond donors (Lipinski definition) is 1. The second-order valence-electron chi connectivity index (χ2n) is 3.69. The summed E-state index contributed by atoms with van der Waals surface area (Å²) in [5.74, 6) is -0.495. The average molecular weight is 270 g/mol. The predicted octanol–water partition coefficient (Wildman–Crippen LogP) is 2.34. The van der Waals surface area contributed by atoms with Crippen LogP contribution in [0.4, 0.5) is 5.69 Å². The highest BCUT2D eigenvalue weighted by atomic mass is 35.5. The van der Waals surface area contributed by atoms with Crippen LogP contribution in [0.15, 0.2) is 24.9 Å². The van der Waals surface area contributed by atoms with Crippen LogP contribution in [-0.4, -0.2) is 21.9 Å². The first kappa shape index (κ1) is 14.1. The zero-order chi connectivity index (χ0) is 13.7. The maximum absolute atomic E-state index is 11.8. The third-order valence-corrected chi connectivity index (χ3v) is 2.48. The fraction of sp³-hybridized carbons (Fsp3) is 0.273. The molecule has 1 heterocycles. The average Bonchev–Trinajstić information content (AvgIpc) is 2.29. The van der Waals surface area contributed by atoms with E-state index >= 15 is 0 Å². The fourth-order valence-electron chi connectivity index (χ4n) is 1.31. The monoisotopic (exact) mass is 269 g/mol. The van der Waals surface area contributed by atoms with Gasteiger partial charge in [-0.3, -0.25) is 14.9 Å². The Morgan fingerprint density at radius 2 is 2.44 bits per heavy atom. The van der Waals surface area contributed by atoms with Gasteiger partial charge >= 0.3 is 0 Å². The van der Waals surface area contributed by atoms with Crippen molar-refractivity contribution >= 4 is 23.2 Å². The van der Waals surface area contributed by atoms with Crippen molar-refractivity contribution in [2.45, 2.75) is 19.4 Å². The van der Waals surface area contributed by atoms with Gasteiger partial charge in [-0.25, -0.2) is 4.98 Å². The van der Waals surface area contributed by atoms with Gasteiger partial charge in [0.05, 0.1) is 10.5 Å². The minimum absolute atomic E-state index is 0.0122. The molecule has 0 saturated heterocycles. The molecule has 0 bridgehead atoms. The molecule has 0 aromatic carbocycles. The second-order valence-corrected chi connectivity index (χ2v) is 4.05. The summed E-state index contributed by atoms with van der Waals surface area (Å²) in [5, 5.41) is 13.2. The van der Waals surface area contributed by atoms with Gasteiger partial charge in [-0.2, -0.15) is 0 Å². The minimum atomic E-state index is -0.632. The molecule has 96 valence electrons. The quantitative estimate of drug-likeness (QED) is 0.385. The van der Waals surface area contributed by atoms with E-state index in [2.05, 4.69) is 16.9 Å². The van der Waals surface area contributed by atoms with Crippen LogP contribution in [0.25, 0.3) is 0 Å². The van der Waals surface area contributed by atoms with E-state index in [9.17, 15) is 14.9 Å². The van der Waals surface area contributed by atoms with Crippen molar-refractivity contribution in [3.63, 3.8) is 0 Å². The summed E-state index contributed by atoms with van der Waals surface area (Å²) in [6.07, 6.45) is 3.26. The van der Waals surface area contributed by atoms with Crippen LogP contribution in [0.3, 0.4) is 0 Å². The molecule has 0 aliphatic rings. The zero-order valence-corrected chi connectivity index (χ0v) is 10.5. The molecule has 1 aromatic rings. The lowest BCUT2D eigenvalue weighted by atomic mass is 10.2. The number of aromatic nitrogens is 1. The molecule has 1 aromatic heterocycles. The van der Waals surface area contributed by atoms with E-state index in [1.54, 1.807) is 13.0 Å². The van der Waals surface area contributed by atoms with Gasteiger partial charge in [-0.15, -0.1) is 6.58 Å². The van der Waals surface area contributed by atoms with Crippen LogP contribution in [0.5, 0.6) is 0 Å². The molecule has 7 heteroatoms. The van der Waals surface area contributed by atoms with Crippen LogP contribution < -0.4 is 5.32 Å². The molecule has 0 aliphatic heterocycles. The summed E-state index contributed by atoms with van der Waals surface area (Å²) in [7, 11) is 0. The smallest absolute Gasteiger partial charge is 0.288 e. The molecule has 18 heavy (non-hydrogen) atoms. The van der Waals surface area contributed by atoms with Gasteiger partial charge in [0.2, 0.25) is 0 Å². The summed E-state index contributed by atoms with van der Waals surface area (Å²) in [6.45, 7) is 5.35. The van der Waals surface area contributed by atoms with Gasteiger partial charge in [0.1, 0.15) is 11.3 Å². The lowest BCUT2D eigenvalue weighted by molar-refractivity contribution is -0.385. The number of carbonyl (C=O) groups excluding carboxylic acids is 1. The topological polar surface area (TPSA) is 85.1 Å². The number of carbonyl (C=O) groups is 1. The van der Waals surface area contributed by atoms with Gasteiger partial charge in [-0.1, -0.05) is 17.7 Å². The van der Waals surface area contributed by atoms with Crippen molar-refractivity contribution in [1.29, 1.82) is 0 Å². The van der Waals surface area contributed by atoms with E-state index in [1.807, 2.05) is 0 Å². The van der Waals surface area contributed by atoms with Gasteiger partial charge in [0.25, 0.3) is 11.6 Å². The van der Waals surface area contributed by atoms with Crippen molar-refractivity contribution in [3.05, 3.63) is 45.7 Å². The predicted molar refractivity (Wildman–Crippen MR) is 67.6 cm³/mol. The normalized spacial score (nSPS) is 11.7. The molecule has 1 atom stereocenters. The van der Waals surface area contributed by atoms with Crippen molar-refractivity contribution in [2.75, 3.05) is 0 Å². The SMILES string of the molecule is C=CCC(C)NC(=O)c1cc([N+](=O)[O-])cnc1Cl. The van der Waals surface area contributed by atoms with Crippen molar-refractivity contribution in [2.24, 2.45) is 0 Å². The number of hydrogen-bond acceptors (Lipinski definition) is 4. The third kappa shape index (κ3) is 3.53. The van der Waals surface area contributed by atoms with E-state index in [-0.39, 0.29) is 22.4 Å². The molecule has 1 unspecified atom stereocenters. The van der Waals surface area contributed by atoms with Gasteiger partial charge < -0.3 is 5.32 Å². The summed E-state index contributed by atoms with van der Waals surface area (Å²) < 4.78 is 0. The van der Waals surface area contributed by atoms with Gasteiger partial charge in [0, 0.05) is 12.1 Å². The van der Waals surface area contributed by atoms with Crippen LogP contribution in [0, 0.1) is 10.1 Å². The molecule has 0 radical (unpaired) electrons. The number of nitrogens with one attached hydrogen (secondary N) is 1. The summed E-state index contributed by atoms with van der Waals surface area (Å²) in [6, 6.07) is 0.969. The van der Waals surface area contributed by atoms with Crippen molar-refractivity contribution < 1.29 is 9.72 Å². The van der Waals surface area contributed by atoms with Crippen LogP contribution in [0.1, 0.15) is 23.7 Å². The Balaban J connectivity index is 2.94. The lowest BCUT2D eigenvalue weighted by Gasteiger charge is -2.11. The summed E-state index contributed by atoms with van der Waals surface area (Å²) in [4.78, 5) is 25.4. The number of amides is 1. The molecule has 1 N–H and O–H groups in total. The first-order valence-corrected chi connectivity index (χ1v) is 5.55. The van der Waals surface area contributed by atoms with E-state index < -0.39 is 10.8 Å². The maximum Gasteiger partial charge on any atom is 0.288 e. The standard InChI is InChI=1S/C11H12ClN3O3/c1-3-4-7(2)14-11(16)9-5-8(15(17)18)6-13-10(9)12/h3,5-7H,1,4H2,2H3,(H,14,16). The highest BCUT2D eigenvalue weighted by Gasteiger charge is 2.18. The van der Waals surface area contributed by atoms with Crippen LogP contribution in [0.2, 0.25) is 5.15 Å². The molecule has 1 rings (SSSR count). The zero-order valence-electron chi connectivity index (χ0n) is 9.72. The van der Waals surface area contributed by atoms with E-state index in [1.165, 1.54) is 0 Å². The van der Waals surface area contributed by atoms with E-state index in [4.69, 9.17) is 11.6 Å². The molecule has 1 amide bonds. The Bertz CT molecular complexity index is 490. The van der Waals surface area contributed by atoms with Crippen molar-refractivity contribution in [3.8, 4) is 0 Å². The molecule has 0 saturated carbocycles. The first-order chi connectivity index (χ1) is 8.45. The molecule has 0 spiro atoms. The Labute approximate surface area is 109 Å². The highest BCUT2D eigenvalue weighted by molar-refractivity contribution is 6.32. The van der Waals surface area contributed by atoms with Crippen LogP contribution in [-0.2, 0) is 0 Å². The molecular formula is C11H12ClN3O3. The van der Waals surface area contributed by atoms with E-state index in [0.29, 0.717) is 6.42 Å². The molecule has 0 fully saturated rings. The maximum atomic E-state index is 11.8. The van der Waals surface area contributed by atoms with Crippen LogP contribution >= 0.6 is 11.6 Å². The van der Waals surface area contributed by atoms with Crippen molar-refractivity contribution in [1.82, 2.24) is 10.3 Å². The number of rotatable bonds is 5. The Hall–Kier alpha value is -1.95. The number of nitrogens with zero attached hydrogens (tertiary/aromatic N) is 2. The Kier molecular flexibility index (Phi) is 4.79. The van der Waals surface area contributed by atoms with Gasteiger partial charge in [-0.05, 0) is 13.3 Å². The number of halogens is 1. The minimum Gasteiger partial charge on any atom is -0.349 e. The molecule has 6 nitrogen and oxygen atoms in total. The highest BCUT2D eigenvalue weighted by Crippen LogP contribution is 2.19. The first-order valence-electron chi connectivity index (χ1n) is 5.17. The largest absolute Gasteiger partial charge is 0.349 e. The Morgan fingerprint density at radius 1 is 1.78 bits per heavy atom. The Morgan fingerprint density at radius 3 is 3.00 bits per heavy atom. The molecule has 0 aliphatic carbocycles. The number of nitro groups is 1. The van der Waals surface area contributed by atoms with E-state index in [0.717, 1.165) is 12.3 Å². The molecular weight excluding hydrogens is 258 g/mol. The number of pyridine rings is 1. The fourth-order valence-corrected chi connectivity index (χ4v) is 1.50. The third-order valence-electron chi connectivity index (χ3n) is 2.18. The van der Waals surface area contributed by atoms with Gasteiger partial charge in [0.15, 0.2) is 0 Å². The summed E-state index contributed by atoms with van der Waals surface area (Å²) in [5.41, 5.74) is -0.289. The summed E-state index contributed by atoms with van der Waals surface area (Å²) >= 11 is 5.74. The lowest BCUT2D eigenvalue weighted by Crippen LogP contribution is -2.32.